The molecule has 0 spiro atoms. The number of hydrogen-bond acceptors (Lipinski definition) is 6. The van der Waals surface area contributed by atoms with E-state index in [-0.39, 0.29) is 36.7 Å². The van der Waals surface area contributed by atoms with Gasteiger partial charge < -0.3 is 20.7 Å². The summed E-state index contributed by atoms with van der Waals surface area (Å²) < 4.78 is 5.60. The van der Waals surface area contributed by atoms with E-state index in [1.54, 1.807) is 12.1 Å². The topological polar surface area (TPSA) is 114 Å². The van der Waals surface area contributed by atoms with Crippen molar-refractivity contribution in [3.8, 4) is 0 Å². The minimum Gasteiger partial charge on any atom is -0.461 e. The Morgan fingerprint density at radius 1 is 0.977 bits per heavy atom. The van der Waals surface area contributed by atoms with Gasteiger partial charge in [0.15, 0.2) is 0 Å². The molecule has 2 amide bonds. The summed E-state index contributed by atoms with van der Waals surface area (Å²) >= 11 is 0. The van der Waals surface area contributed by atoms with E-state index < -0.39 is 0 Å². The summed E-state index contributed by atoms with van der Waals surface area (Å²) in [7, 11) is 0. The van der Waals surface area contributed by atoms with Crippen LogP contribution in [0, 0.1) is 5.92 Å². The molecule has 3 aromatic carbocycles. The van der Waals surface area contributed by atoms with Crippen molar-refractivity contribution in [2.75, 3.05) is 18.4 Å². The highest BCUT2D eigenvalue weighted by molar-refractivity contribution is 6.08. The van der Waals surface area contributed by atoms with Gasteiger partial charge in [0.25, 0.3) is 5.91 Å². The zero-order chi connectivity index (χ0) is 31.1. The van der Waals surface area contributed by atoms with Crippen molar-refractivity contribution in [2.45, 2.75) is 59.0 Å². The molecule has 1 heterocycles. The van der Waals surface area contributed by atoms with Crippen LogP contribution in [-0.2, 0) is 33.8 Å². The second-order valence-electron chi connectivity index (χ2n) is 11.5. The molecule has 0 bridgehead atoms. The number of nitrogens with two attached hydrogens (primary N) is 1. The lowest BCUT2D eigenvalue weighted by Crippen LogP contribution is -2.34. The van der Waals surface area contributed by atoms with Crippen LogP contribution < -0.4 is 11.1 Å². The number of ether oxygens (including phenoxy) is 1. The molecule has 0 saturated heterocycles. The number of esters is 1. The largest absolute Gasteiger partial charge is 0.461 e. The molecular weight excluding hydrogens is 552 g/mol. The highest BCUT2D eigenvalue weighted by atomic mass is 16.5. The molecule has 1 aliphatic heterocycles. The Hall–Kier alpha value is -4.72. The van der Waals surface area contributed by atoms with Crippen molar-refractivity contribution < 1.29 is 19.1 Å². The molecule has 8 heteroatoms. The minimum atomic E-state index is -0.280. The molecule has 1 aliphatic carbocycles. The van der Waals surface area contributed by atoms with Gasteiger partial charge in [-0.25, -0.2) is 4.99 Å². The molecule has 0 saturated carbocycles. The molecule has 0 aromatic heterocycles. The maximum Gasteiger partial charge on any atom is 0.309 e. The number of fused-ring (bicyclic) bond motifs is 2. The normalized spacial score (nSPS) is 15.5. The Bertz CT molecular complexity index is 1590. The lowest BCUT2D eigenvalue weighted by Gasteiger charge is -2.24. The Kier molecular flexibility index (Phi) is 9.89. The van der Waals surface area contributed by atoms with Crippen molar-refractivity contribution in [1.82, 2.24) is 4.90 Å². The first-order valence-electron chi connectivity index (χ1n) is 15.4. The van der Waals surface area contributed by atoms with E-state index in [4.69, 9.17) is 10.5 Å². The number of carbonyl (C=O) groups excluding carboxylic acids is 3. The van der Waals surface area contributed by atoms with E-state index >= 15 is 0 Å². The van der Waals surface area contributed by atoms with Crippen LogP contribution in [-0.4, -0.2) is 41.6 Å². The summed E-state index contributed by atoms with van der Waals surface area (Å²) in [6.07, 6.45) is 5.95. The number of amidine groups is 1. The number of amides is 2. The van der Waals surface area contributed by atoms with Crippen molar-refractivity contribution in [3.63, 3.8) is 0 Å². The average molecular weight is 593 g/mol. The quantitative estimate of drug-likeness (QED) is 0.272. The Labute approximate surface area is 259 Å². The van der Waals surface area contributed by atoms with Gasteiger partial charge in [-0.2, -0.15) is 0 Å². The van der Waals surface area contributed by atoms with Gasteiger partial charge in [0.05, 0.1) is 11.6 Å². The van der Waals surface area contributed by atoms with Gasteiger partial charge in [0.1, 0.15) is 12.4 Å². The van der Waals surface area contributed by atoms with Crippen LogP contribution in [0.4, 0.5) is 11.4 Å². The number of aryl methyl sites for hydroxylation is 1. The summed E-state index contributed by atoms with van der Waals surface area (Å²) in [6, 6.07) is 20.8. The molecule has 0 radical (unpaired) electrons. The Balaban J connectivity index is 1.27. The van der Waals surface area contributed by atoms with Gasteiger partial charge >= 0.3 is 5.97 Å². The SMILES string of the molecule is CCCN(CCC)C(=O)C1=Cc2ccc(C(=O)Nc3ccc4c(c3)CC(C(=O)OCc3ccccc3)CC4)cc2N=C(N)C1. The first-order chi connectivity index (χ1) is 21.3. The summed E-state index contributed by atoms with van der Waals surface area (Å²) in [5, 5.41) is 2.99. The molecule has 3 N–H and O–H groups in total. The molecule has 5 rings (SSSR count). The van der Waals surface area contributed by atoms with Crippen LogP contribution in [0.1, 0.15) is 72.1 Å². The predicted molar refractivity (Wildman–Crippen MR) is 174 cm³/mol. The summed E-state index contributed by atoms with van der Waals surface area (Å²) in [6.45, 7) is 5.75. The van der Waals surface area contributed by atoms with Crippen LogP contribution in [0.2, 0.25) is 0 Å². The maximum atomic E-state index is 13.3. The number of benzene rings is 3. The van der Waals surface area contributed by atoms with Crippen LogP contribution in [0.15, 0.2) is 77.3 Å². The molecule has 44 heavy (non-hydrogen) atoms. The van der Waals surface area contributed by atoms with Gasteiger partial charge in [-0.15, -0.1) is 0 Å². The molecule has 228 valence electrons. The number of nitrogens with one attached hydrogen (secondary N) is 1. The minimum absolute atomic E-state index is 0.0272. The molecular formula is C36H40N4O4. The summed E-state index contributed by atoms with van der Waals surface area (Å²) in [5.74, 6) is -0.384. The third kappa shape index (κ3) is 7.43. The van der Waals surface area contributed by atoms with Gasteiger partial charge in [-0.1, -0.05) is 56.3 Å². The van der Waals surface area contributed by atoms with Gasteiger partial charge in [-0.3, -0.25) is 14.4 Å². The van der Waals surface area contributed by atoms with E-state index in [1.807, 2.05) is 65.6 Å². The molecule has 1 atom stereocenters. The fourth-order valence-electron chi connectivity index (χ4n) is 5.81. The van der Waals surface area contributed by atoms with Crippen molar-refractivity contribution in [1.29, 1.82) is 0 Å². The maximum absolute atomic E-state index is 13.3. The van der Waals surface area contributed by atoms with Gasteiger partial charge in [-0.05, 0) is 79.1 Å². The second-order valence-corrected chi connectivity index (χ2v) is 11.5. The summed E-state index contributed by atoms with van der Waals surface area (Å²) in [5.41, 5.74) is 12.4. The number of rotatable bonds is 10. The van der Waals surface area contributed by atoms with Crippen molar-refractivity contribution in [2.24, 2.45) is 16.6 Å². The predicted octanol–water partition coefficient (Wildman–Crippen LogP) is 6.21. The number of aliphatic imine (C=N–C) groups is 1. The standard InChI is InChI=1S/C36H40N4O4/c1-3-16-40(17-4-2)35(42)30-18-26-11-12-27(21-32(26)39-33(37)22-30)34(41)38-31-15-14-25-10-13-28(19-29(25)20-31)36(43)44-23-24-8-6-5-7-9-24/h5-9,11-12,14-15,18,20-21,28H,3-4,10,13,16-17,19,22-23H2,1-2H3,(H2,37,39)(H,38,41). The molecule has 0 fully saturated rings. The Morgan fingerprint density at radius 3 is 2.50 bits per heavy atom. The number of nitrogens with zero attached hydrogens (tertiary/aromatic N) is 2. The summed E-state index contributed by atoms with van der Waals surface area (Å²) in [4.78, 5) is 45.8. The fourth-order valence-corrected chi connectivity index (χ4v) is 5.81. The van der Waals surface area contributed by atoms with E-state index in [1.165, 1.54) is 5.56 Å². The monoisotopic (exact) mass is 592 g/mol. The van der Waals surface area contributed by atoms with Crippen LogP contribution >= 0.6 is 0 Å². The van der Waals surface area contributed by atoms with E-state index in [9.17, 15) is 14.4 Å². The van der Waals surface area contributed by atoms with Crippen molar-refractivity contribution >= 4 is 41.1 Å². The van der Waals surface area contributed by atoms with Gasteiger partial charge in [0, 0.05) is 41.9 Å². The molecule has 1 unspecified atom stereocenters. The first-order valence-corrected chi connectivity index (χ1v) is 15.4. The number of carbonyl (C=O) groups is 3. The lowest BCUT2D eigenvalue weighted by atomic mass is 9.83. The molecule has 2 aliphatic rings. The average Bonchev–Trinajstić information content (AvgIpc) is 3.20. The smallest absolute Gasteiger partial charge is 0.309 e. The van der Waals surface area contributed by atoms with Gasteiger partial charge in [0.2, 0.25) is 5.91 Å². The van der Waals surface area contributed by atoms with E-state index in [0.717, 1.165) is 42.4 Å². The first kappa shape index (κ1) is 30.7. The third-order valence-electron chi connectivity index (χ3n) is 8.06. The van der Waals surface area contributed by atoms with Crippen LogP contribution in [0.3, 0.4) is 0 Å². The highest BCUT2D eigenvalue weighted by Gasteiger charge is 2.27. The van der Waals surface area contributed by atoms with Crippen LogP contribution in [0.25, 0.3) is 6.08 Å². The molecule has 8 nitrogen and oxygen atoms in total. The van der Waals surface area contributed by atoms with E-state index in [0.29, 0.717) is 47.9 Å². The van der Waals surface area contributed by atoms with Crippen LogP contribution in [0.5, 0.6) is 0 Å². The lowest BCUT2D eigenvalue weighted by molar-refractivity contribution is -0.150. The Morgan fingerprint density at radius 2 is 1.75 bits per heavy atom. The third-order valence-corrected chi connectivity index (χ3v) is 8.06. The van der Waals surface area contributed by atoms with E-state index in [2.05, 4.69) is 24.2 Å². The zero-order valence-corrected chi connectivity index (χ0v) is 25.5. The fraction of sp³-hybridized carbons (Fsp3) is 0.333. The molecule has 3 aromatic rings. The number of hydrogen-bond donors (Lipinski definition) is 2. The second kappa shape index (κ2) is 14.2. The number of anilines is 1. The van der Waals surface area contributed by atoms with Crippen molar-refractivity contribution in [3.05, 3.63) is 100 Å². The highest BCUT2D eigenvalue weighted by Crippen LogP contribution is 2.31. The zero-order valence-electron chi connectivity index (χ0n) is 25.5.